The van der Waals surface area contributed by atoms with Crippen LogP contribution >= 0.6 is 0 Å². The summed E-state index contributed by atoms with van der Waals surface area (Å²) in [5.74, 6) is -0.137. The number of unbranched alkanes of at least 4 members (excludes halogenated alkanes) is 37. The first kappa shape index (κ1) is 59.2. The van der Waals surface area contributed by atoms with Gasteiger partial charge in [-0.3, -0.25) is 4.79 Å². The molecule has 1 amide bonds. The maximum Gasteiger partial charge on any atom is 0.220 e. The van der Waals surface area contributed by atoms with E-state index in [2.05, 4.69) is 19.2 Å². The van der Waals surface area contributed by atoms with Crippen molar-refractivity contribution in [3.63, 3.8) is 0 Å². The average molecular weight is 884 g/mol. The van der Waals surface area contributed by atoms with E-state index in [4.69, 9.17) is 9.47 Å². The number of aliphatic hydroxyl groups is 5. The standard InChI is InChI=1S/C53H105NO8/c1-3-5-7-9-11-13-15-17-19-21-23-25-26-28-30-32-34-36-38-40-42-47(56)46(45-61-53-52(60)51(59)50(58)48(44-55)62-53)54-49(57)43-41-39-37-35-33-31-29-27-24-22-20-18-16-14-12-10-8-6-4-2/h46-48,50-53,55-56,58-60H,3-45H2,1-2H3,(H,54,57). The second-order valence-corrected chi connectivity index (χ2v) is 19.4. The molecular formula is C53H105NO8. The molecule has 0 aromatic rings. The molecule has 1 aliphatic rings. The zero-order valence-corrected chi connectivity index (χ0v) is 40.9. The summed E-state index contributed by atoms with van der Waals surface area (Å²) in [6.07, 6.45) is 44.0. The first-order valence-corrected chi connectivity index (χ1v) is 27.2. The number of hydrogen-bond acceptors (Lipinski definition) is 8. The lowest BCUT2D eigenvalue weighted by Gasteiger charge is -2.40. The highest BCUT2D eigenvalue weighted by atomic mass is 16.7. The van der Waals surface area contributed by atoms with E-state index in [-0.39, 0.29) is 12.5 Å². The van der Waals surface area contributed by atoms with E-state index >= 15 is 0 Å². The molecule has 9 heteroatoms. The number of rotatable bonds is 47. The van der Waals surface area contributed by atoms with Gasteiger partial charge in [0.1, 0.15) is 24.4 Å². The molecule has 6 N–H and O–H groups in total. The molecule has 1 rings (SSSR count). The van der Waals surface area contributed by atoms with Crippen molar-refractivity contribution in [2.24, 2.45) is 0 Å². The number of aliphatic hydroxyl groups excluding tert-OH is 5. The topological polar surface area (TPSA) is 149 Å². The molecule has 0 spiro atoms. The Labute approximate surface area is 383 Å². The van der Waals surface area contributed by atoms with Crippen LogP contribution in [-0.4, -0.2) is 87.5 Å². The lowest BCUT2D eigenvalue weighted by molar-refractivity contribution is -0.302. The van der Waals surface area contributed by atoms with Crippen LogP contribution < -0.4 is 5.32 Å². The highest BCUT2D eigenvalue weighted by Crippen LogP contribution is 2.23. The molecule has 1 aliphatic heterocycles. The summed E-state index contributed by atoms with van der Waals surface area (Å²) < 4.78 is 11.3. The van der Waals surface area contributed by atoms with Crippen molar-refractivity contribution in [2.45, 2.75) is 320 Å². The number of amides is 1. The van der Waals surface area contributed by atoms with Gasteiger partial charge in [-0.1, -0.05) is 258 Å². The molecule has 9 nitrogen and oxygen atoms in total. The predicted molar refractivity (Wildman–Crippen MR) is 258 cm³/mol. The van der Waals surface area contributed by atoms with Gasteiger partial charge in [-0.2, -0.15) is 0 Å². The van der Waals surface area contributed by atoms with Gasteiger partial charge in [-0.05, 0) is 12.8 Å². The Kier molecular flexibility index (Phi) is 42.1. The summed E-state index contributed by atoms with van der Waals surface area (Å²) in [5, 5.41) is 54.6. The first-order valence-electron chi connectivity index (χ1n) is 27.2. The van der Waals surface area contributed by atoms with Crippen molar-refractivity contribution < 1.29 is 39.8 Å². The van der Waals surface area contributed by atoms with Crippen LogP contribution in [0.15, 0.2) is 0 Å². The van der Waals surface area contributed by atoms with E-state index in [1.807, 2.05) is 0 Å². The largest absolute Gasteiger partial charge is 0.394 e. The number of hydrogen-bond donors (Lipinski definition) is 6. The maximum absolute atomic E-state index is 13.0. The number of ether oxygens (including phenoxy) is 2. The highest BCUT2D eigenvalue weighted by molar-refractivity contribution is 5.76. The quantitative estimate of drug-likeness (QED) is 0.0331. The fourth-order valence-corrected chi connectivity index (χ4v) is 9.11. The fourth-order valence-electron chi connectivity index (χ4n) is 9.11. The van der Waals surface area contributed by atoms with Crippen LogP contribution in [0, 0.1) is 0 Å². The summed E-state index contributed by atoms with van der Waals surface area (Å²) >= 11 is 0. The molecule has 7 atom stereocenters. The molecule has 370 valence electrons. The number of carbonyl (C=O) groups excluding carboxylic acids is 1. The van der Waals surface area contributed by atoms with Crippen LogP contribution in [-0.2, 0) is 14.3 Å². The lowest BCUT2D eigenvalue weighted by atomic mass is 9.99. The SMILES string of the molecule is CCCCCCCCCCCCCCCCCCCCCCC(O)C(COC1OC(CO)C(O)C(O)C1O)NC(=O)CCCCCCCCCCCCCCCCCCCCC. The van der Waals surface area contributed by atoms with E-state index in [1.165, 1.54) is 212 Å². The van der Waals surface area contributed by atoms with E-state index in [9.17, 15) is 30.3 Å². The van der Waals surface area contributed by atoms with Gasteiger partial charge in [0.25, 0.3) is 0 Å². The second-order valence-electron chi connectivity index (χ2n) is 19.4. The third-order valence-corrected chi connectivity index (χ3v) is 13.5. The molecule has 0 aromatic heterocycles. The van der Waals surface area contributed by atoms with Gasteiger partial charge in [0.2, 0.25) is 5.91 Å². The Morgan fingerprint density at radius 3 is 1.15 bits per heavy atom. The molecule has 0 saturated carbocycles. The van der Waals surface area contributed by atoms with Crippen LogP contribution in [0.25, 0.3) is 0 Å². The van der Waals surface area contributed by atoms with Gasteiger partial charge < -0.3 is 40.3 Å². The second kappa shape index (κ2) is 44.0. The van der Waals surface area contributed by atoms with Crippen molar-refractivity contribution in [3.8, 4) is 0 Å². The Balaban J connectivity index is 2.23. The molecular weight excluding hydrogens is 779 g/mol. The van der Waals surface area contributed by atoms with Crippen molar-refractivity contribution >= 4 is 5.91 Å². The molecule has 0 aromatic carbocycles. The van der Waals surface area contributed by atoms with Crippen molar-refractivity contribution in [1.82, 2.24) is 5.32 Å². The van der Waals surface area contributed by atoms with E-state index < -0.39 is 49.5 Å². The van der Waals surface area contributed by atoms with Crippen LogP contribution in [0.5, 0.6) is 0 Å². The van der Waals surface area contributed by atoms with E-state index in [1.54, 1.807) is 0 Å². The maximum atomic E-state index is 13.0. The van der Waals surface area contributed by atoms with Crippen molar-refractivity contribution in [1.29, 1.82) is 0 Å². The van der Waals surface area contributed by atoms with Gasteiger partial charge in [0.15, 0.2) is 6.29 Å². The smallest absolute Gasteiger partial charge is 0.220 e. The van der Waals surface area contributed by atoms with Crippen LogP contribution in [0.1, 0.15) is 277 Å². The predicted octanol–water partition coefficient (Wildman–Crippen LogP) is 12.7. The average Bonchev–Trinajstić information content (AvgIpc) is 3.27. The summed E-state index contributed by atoms with van der Waals surface area (Å²) in [5.41, 5.74) is 0. The molecule has 1 saturated heterocycles. The highest BCUT2D eigenvalue weighted by Gasteiger charge is 2.44. The summed E-state index contributed by atoms with van der Waals surface area (Å²) in [6, 6.07) is -0.712. The molecule has 1 fully saturated rings. The van der Waals surface area contributed by atoms with Crippen LogP contribution in [0.4, 0.5) is 0 Å². The fraction of sp³-hybridized carbons (Fsp3) is 0.981. The van der Waals surface area contributed by atoms with Gasteiger partial charge in [0.05, 0.1) is 25.4 Å². The third kappa shape index (κ3) is 33.6. The normalized spacial score (nSPS) is 20.1. The Hall–Kier alpha value is -0.810. The summed E-state index contributed by atoms with van der Waals surface area (Å²) in [6.45, 7) is 3.88. The Bertz CT molecular complexity index is 939. The third-order valence-electron chi connectivity index (χ3n) is 13.5. The van der Waals surface area contributed by atoms with Crippen molar-refractivity contribution in [3.05, 3.63) is 0 Å². The molecule has 7 unspecified atom stereocenters. The molecule has 62 heavy (non-hydrogen) atoms. The number of nitrogens with one attached hydrogen (secondary N) is 1. The number of carbonyl (C=O) groups is 1. The van der Waals surface area contributed by atoms with Gasteiger partial charge in [-0.25, -0.2) is 0 Å². The van der Waals surface area contributed by atoms with E-state index in [0.717, 1.165) is 38.5 Å². The minimum Gasteiger partial charge on any atom is -0.394 e. The summed E-state index contributed by atoms with van der Waals surface area (Å²) in [4.78, 5) is 13.0. The van der Waals surface area contributed by atoms with Gasteiger partial charge >= 0.3 is 0 Å². The van der Waals surface area contributed by atoms with Crippen LogP contribution in [0.3, 0.4) is 0 Å². The van der Waals surface area contributed by atoms with Crippen LogP contribution in [0.2, 0.25) is 0 Å². The Morgan fingerprint density at radius 2 is 0.806 bits per heavy atom. The van der Waals surface area contributed by atoms with Crippen molar-refractivity contribution in [2.75, 3.05) is 13.2 Å². The minimum atomic E-state index is -1.55. The zero-order valence-electron chi connectivity index (χ0n) is 40.9. The summed E-state index contributed by atoms with van der Waals surface area (Å²) in [7, 11) is 0. The molecule has 0 bridgehead atoms. The Morgan fingerprint density at radius 1 is 0.484 bits per heavy atom. The molecule has 1 heterocycles. The van der Waals surface area contributed by atoms with Gasteiger partial charge in [0, 0.05) is 6.42 Å². The molecule has 0 radical (unpaired) electrons. The van der Waals surface area contributed by atoms with Gasteiger partial charge in [-0.15, -0.1) is 0 Å². The first-order chi connectivity index (χ1) is 30.3. The zero-order chi connectivity index (χ0) is 45.1. The monoisotopic (exact) mass is 884 g/mol. The van der Waals surface area contributed by atoms with E-state index in [0.29, 0.717) is 12.8 Å². The lowest BCUT2D eigenvalue weighted by Crippen LogP contribution is -2.60. The molecule has 0 aliphatic carbocycles. The minimum absolute atomic E-state index is 0.131.